The predicted octanol–water partition coefficient (Wildman–Crippen LogP) is 2.86. The summed E-state index contributed by atoms with van der Waals surface area (Å²) in [5.74, 6) is 0.425. The number of hydrogen-bond acceptors (Lipinski definition) is 6. The van der Waals surface area contributed by atoms with Gasteiger partial charge in [0.1, 0.15) is 5.75 Å². The third kappa shape index (κ3) is 4.74. The second-order valence-corrected chi connectivity index (χ2v) is 6.50. The first-order valence-electron chi connectivity index (χ1n) is 9.22. The van der Waals surface area contributed by atoms with E-state index in [9.17, 15) is 9.90 Å². The molecule has 0 aliphatic heterocycles. The summed E-state index contributed by atoms with van der Waals surface area (Å²) in [4.78, 5) is 13.7. The van der Waals surface area contributed by atoms with Crippen LogP contribution >= 0.6 is 0 Å². The zero-order valence-electron chi connectivity index (χ0n) is 15.9. The van der Waals surface area contributed by atoms with Crippen LogP contribution in [0.1, 0.15) is 21.5 Å². The molecular weight excluding hydrogens is 380 g/mol. The summed E-state index contributed by atoms with van der Waals surface area (Å²) in [6.07, 6.45) is 1.51. The minimum atomic E-state index is -0.318. The highest BCUT2D eigenvalue weighted by atomic mass is 16.3. The second-order valence-electron chi connectivity index (χ2n) is 6.50. The van der Waals surface area contributed by atoms with Gasteiger partial charge in [0, 0.05) is 11.1 Å². The Balaban J connectivity index is 1.35. The fourth-order valence-electron chi connectivity index (χ4n) is 2.73. The molecule has 0 unspecified atom stereocenters. The van der Waals surface area contributed by atoms with Gasteiger partial charge in [0.25, 0.3) is 5.91 Å². The molecule has 0 atom stereocenters. The number of hydrogen-bond donors (Lipinski definition) is 2. The molecule has 1 amide bonds. The van der Waals surface area contributed by atoms with Gasteiger partial charge < -0.3 is 5.11 Å². The molecule has 0 radical (unpaired) electrons. The van der Waals surface area contributed by atoms with Crippen LogP contribution in [0.5, 0.6) is 5.75 Å². The number of amides is 1. The molecule has 148 valence electrons. The van der Waals surface area contributed by atoms with Crippen molar-refractivity contribution < 1.29 is 9.90 Å². The second kappa shape index (κ2) is 8.78. The van der Waals surface area contributed by atoms with Crippen molar-refractivity contribution >= 4 is 12.1 Å². The van der Waals surface area contributed by atoms with E-state index >= 15 is 0 Å². The molecule has 4 aromatic rings. The maximum atomic E-state index is 12.2. The lowest BCUT2D eigenvalue weighted by molar-refractivity contribution is 0.0955. The van der Waals surface area contributed by atoms with Crippen molar-refractivity contribution in [2.24, 2.45) is 5.10 Å². The van der Waals surface area contributed by atoms with Gasteiger partial charge in [-0.1, -0.05) is 42.5 Å². The van der Waals surface area contributed by atoms with Crippen LogP contribution in [0, 0.1) is 0 Å². The minimum Gasteiger partial charge on any atom is -0.508 e. The summed E-state index contributed by atoms with van der Waals surface area (Å²) in [5, 5.41) is 25.7. The molecule has 0 spiro atoms. The van der Waals surface area contributed by atoms with Gasteiger partial charge in [-0.3, -0.25) is 4.79 Å². The first-order valence-corrected chi connectivity index (χ1v) is 9.22. The highest BCUT2D eigenvalue weighted by Gasteiger charge is 2.07. The average molecular weight is 398 g/mol. The third-order valence-electron chi connectivity index (χ3n) is 4.30. The number of aromatic nitrogens is 4. The van der Waals surface area contributed by atoms with Crippen LogP contribution in [0.4, 0.5) is 0 Å². The van der Waals surface area contributed by atoms with E-state index in [-0.39, 0.29) is 11.7 Å². The van der Waals surface area contributed by atoms with Crippen LogP contribution in [0.25, 0.3) is 11.4 Å². The van der Waals surface area contributed by atoms with E-state index in [1.165, 1.54) is 11.0 Å². The van der Waals surface area contributed by atoms with E-state index in [0.717, 1.165) is 16.7 Å². The summed E-state index contributed by atoms with van der Waals surface area (Å²) >= 11 is 0. The molecule has 0 saturated carbocycles. The van der Waals surface area contributed by atoms with E-state index in [0.29, 0.717) is 17.9 Å². The summed E-state index contributed by atoms with van der Waals surface area (Å²) < 4.78 is 0. The largest absolute Gasteiger partial charge is 0.508 e. The van der Waals surface area contributed by atoms with E-state index in [4.69, 9.17) is 0 Å². The van der Waals surface area contributed by atoms with Crippen LogP contribution in [0.3, 0.4) is 0 Å². The van der Waals surface area contributed by atoms with Gasteiger partial charge in [-0.05, 0) is 52.7 Å². The van der Waals surface area contributed by atoms with Crippen LogP contribution in [-0.4, -0.2) is 37.4 Å². The molecular formula is C22H18N6O2. The number of tetrazole rings is 1. The van der Waals surface area contributed by atoms with Gasteiger partial charge in [-0.25, -0.2) is 5.43 Å². The van der Waals surface area contributed by atoms with E-state index in [1.54, 1.807) is 36.4 Å². The molecule has 0 aliphatic carbocycles. The lowest BCUT2D eigenvalue weighted by atomic mass is 10.1. The zero-order chi connectivity index (χ0) is 20.8. The Hall–Kier alpha value is -4.33. The summed E-state index contributed by atoms with van der Waals surface area (Å²) in [6.45, 7) is 0.445. The van der Waals surface area contributed by atoms with Gasteiger partial charge in [-0.2, -0.15) is 9.90 Å². The molecule has 0 aliphatic rings. The van der Waals surface area contributed by atoms with Gasteiger partial charge in [0.2, 0.25) is 5.82 Å². The number of carbonyl (C=O) groups is 1. The van der Waals surface area contributed by atoms with Crippen molar-refractivity contribution in [3.8, 4) is 17.1 Å². The fourth-order valence-corrected chi connectivity index (χ4v) is 2.73. The van der Waals surface area contributed by atoms with Gasteiger partial charge in [0.05, 0.1) is 12.8 Å². The van der Waals surface area contributed by atoms with E-state index in [2.05, 4.69) is 25.9 Å². The van der Waals surface area contributed by atoms with Gasteiger partial charge in [-0.15, -0.1) is 10.2 Å². The molecule has 1 heterocycles. The Morgan fingerprint density at radius 2 is 1.73 bits per heavy atom. The first-order chi connectivity index (χ1) is 14.7. The number of benzene rings is 3. The summed E-state index contributed by atoms with van der Waals surface area (Å²) in [7, 11) is 0. The monoisotopic (exact) mass is 398 g/mol. The molecule has 0 saturated heterocycles. The lowest BCUT2D eigenvalue weighted by Crippen LogP contribution is -2.17. The van der Waals surface area contributed by atoms with Crippen molar-refractivity contribution in [1.82, 2.24) is 25.6 Å². The SMILES string of the molecule is O=C(N/N=C/c1ccc(O)cc1)c1ccc(Cn2nnc(-c3ccccc3)n2)cc1. The quantitative estimate of drug-likeness (QED) is 0.384. The maximum Gasteiger partial charge on any atom is 0.271 e. The Morgan fingerprint density at radius 1 is 1.00 bits per heavy atom. The highest BCUT2D eigenvalue weighted by Crippen LogP contribution is 2.13. The number of phenolic OH excluding ortho intramolecular Hbond substituents is 1. The van der Waals surface area contributed by atoms with Crippen LogP contribution in [0.15, 0.2) is 84.0 Å². The van der Waals surface area contributed by atoms with Crippen molar-refractivity contribution in [2.45, 2.75) is 6.54 Å². The zero-order valence-corrected chi connectivity index (χ0v) is 15.9. The smallest absolute Gasteiger partial charge is 0.271 e. The number of phenols is 1. The fraction of sp³-hybridized carbons (Fsp3) is 0.0455. The van der Waals surface area contributed by atoms with Crippen LogP contribution < -0.4 is 5.43 Å². The molecule has 0 fully saturated rings. The number of carbonyl (C=O) groups excluding carboxylic acids is 1. The van der Waals surface area contributed by atoms with Crippen molar-refractivity contribution in [3.05, 3.63) is 95.6 Å². The number of nitrogens with one attached hydrogen (secondary N) is 1. The van der Waals surface area contributed by atoms with Gasteiger partial charge in [0.15, 0.2) is 0 Å². The Morgan fingerprint density at radius 3 is 2.47 bits per heavy atom. The topological polar surface area (TPSA) is 105 Å². The molecule has 1 aromatic heterocycles. The normalized spacial score (nSPS) is 10.9. The summed E-state index contributed by atoms with van der Waals surface area (Å²) in [6, 6.07) is 23.2. The molecule has 30 heavy (non-hydrogen) atoms. The van der Waals surface area contributed by atoms with E-state index < -0.39 is 0 Å². The van der Waals surface area contributed by atoms with Crippen molar-refractivity contribution in [1.29, 1.82) is 0 Å². The molecule has 4 rings (SSSR count). The van der Waals surface area contributed by atoms with Crippen LogP contribution in [0.2, 0.25) is 0 Å². The average Bonchev–Trinajstić information content (AvgIpc) is 3.25. The molecule has 8 heteroatoms. The molecule has 8 nitrogen and oxygen atoms in total. The predicted molar refractivity (Wildman–Crippen MR) is 112 cm³/mol. The standard InChI is InChI=1S/C22H18N6O2/c29-20-12-8-16(9-13-20)14-23-25-22(30)19-10-6-17(7-11-19)15-28-26-21(24-27-28)18-4-2-1-3-5-18/h1-14,29H,15H2,(H,25,30)/b23-14+. The first kappa shape index (κ1) is 19.0. The maximum absolute atomic E-state index is 12.2. The van der Waals surface area contributed by atoms with E-state index in [1.807, 2.05) is 42.5 Å². The number of nitrogens with zero attached hydrogens (tertiary/aromatic N) is 5. The number of aromatic hydroxyl groups is 1. The molecule has 0 bridgehead atoms. The minimum absolute atomic E-state index is 0.175. The molecule has 3 aromatic carbocycles. The number of rotatable bonds is 6. The molecule has 2 N–H and O–H groups in total. The lowest BCUT2D eigenvalue weighted by Gasteiger charge is -2.03. The Bertz CT molecular complexity index is 1150. The highest BCUT2D eigenvalue weighted by molar-refractivity contribution is 5.94. The summed E-state index contributed by atoms with van der Waals surface area (Å²) in [5.41, 5.74) is 5.57. The van der Waals surface area contributed by atoms with Crippen molar-refractivity contribution in [3.63, 3.8) is 0 Å². The Kier molecular flexibility index (Phi) is 5.56. The van der Waals surface area contributed by atoms with Crippen LogP contribution in [-0.2, 0) is 6.54 Å². The number of hydrazone groups is 1. The Labute approximate surface area is 172 Å². The third-order valence-corrected chi connectivity index (χ3v) is 4.30. The van der Waals surface area contributed by atoms with Gasteiger partial charge >= 0.3 is 0 Å². The van der Waals surface area contributed by atoms with Crippen molar-refractivity contribution in [2.75, 3.05) is 0 Å².